The molecule has 1 aliphatic rings. The second kappa shape index (κ2) is 6.20. The second-order valence-electron chi connectivity index (χ2n) is 5.72. The van der Waals surface area contributed by atoms with E-state index in [9.17, 15) is 5.11 Å². The number of H-pyrrole nitrogens is 1. The van der Waals surface area contributed by atoms with Crippen molar-refractivity contribution in [3.8, 4) is 5.88 Å². The molecule has 7 heteroatoms. The lowest BCUT2D eigenvalue weighted by molar-refractivity contribution is 0.459. The van der Waals surface area contributed by atoms with Crippen LogP contribution in [0.25, 0.3) is 10.9 Å². The van der Waals surface area contributed by atoms with Crippen molar-refractivity contribution in [1.82, 2.24) is 15.3 Å². The molecule has 3 heterocycles. The van der Waals surface area contributed by atoms with Crippen LogP contribution >= 0.6 is 0 Å². The maximum atomic E-state index is 10.1. The van der Waals surface area contributed by atoms with E-state index in [2.05, 4.69) is 30.5 Å². The molecule has 2 aromatic heterocycles. The van der Waals surface area contributed by atoms with Crippen molar-refractivity contribution in [2.24, 2.45) is 15.2 Å². The molecule has 1 aliphatic heterocycles. The number of aromatic nitrogens is 2. The summed E-state index contributed by atoms with van der Waals surface area (Å²) in [5.74, 6) is 0.471. The normalized spacial score (nSPS) is 17.4. The van der Waals surface area contributed by atoms with Crippen LogP contribution in [0, 0.1) is 0 Å². The van der Waals surface area contributed by atoms with Gasteiger partial charge in [-0.05, 0) is 19.1 Å². The van der Waals surface area contributed by atoms with Gasteiger partial charge in [-0.2, -0.15) is 0 Å². The molecule has 0 saturated carbocycles. The van der Waals surface area contributed by atoms with E-state index in [4.69, 9.17) is 0 Å². The third-order valence-electron chi connectivity index (χ3n) is 3.88. The van der Waals surface area contributed by atoms with Crippen LogP contribution in [-0.4, -0.2) is 20.9 Å². The van der Waals surface area contributed by atoms with Crippen molar-refractivity contribution in [3.63, 3.8) is 0 Å². The average Bonchev–Trinajstić information content (AvgIpc) is 2.95. The summed E-state index contributed by atoms with van der Waals surface area (Å²) in [7, 11) is 0. The van der Waals surface area contributed by atoms with Crippen molar-refractivity contribution >= 4 is 22.4 Å². The summed E-state index contributed by atoms with van der Waals surface area (Å²) >= 11 is 0. The molecule has 3 aromatic rings. The Bertz CT molecular complexity index is 1000. The van der Waals surface area contributed by atoms with E-state index in [1.165, 1.54) is 0 Å². The number of fused-ring (bicyclic) bond motifs is 1. The van der Waals surface area contributed by atoms with E-state index >= 15 is 0 Å². The summed E-state index contributed by atoms with van der Waals surface area (Å²) in [6.45, 7) is 1.94. The van der Waals surface area contributed by atoms with Crippen LogP contribution < -0.4 is 5.32 Å². The largest absolute Gasteiger partial charge is 0.493 e. The number of hydrogen-bond donors (Lipinski definition) is 3. The molecule has 124 valence electrons. The van der Waals surface area contributed by atoms with Crippen molar-refractivity contribution in [3.05, 3.63) is 66.1 Å². The molecule has 0 amide bonds. The Morgan fingerprint density at radius 1 is 1.12 bits per heavy atom. The highest BCUT2D eigenvalue weighted by molar-refractivity contribution is 5.97. The van der Waals surface area contributed by atoms with E-state index in [0.29, 0.717) is 11.5 Å². The lowest BCUT2D eigenvalue weighted by Gasteiger charge is -2.20. The molecular weight excluding hydrogens is 316 g/mol. The maximum Gasteiger partial charge on any atom is 0.218 e. The lowest BCUT2D eigenvalue weighted by atomic mass is 10.2. The van der Waals surface area contributed by atoms with Gasteiger partial charge in [0.15, 0.2) is 11.5 Å². The Balaban J connectivity index is 1.67. The number of aromatic amines is 1. The molecule has 1 aromatic carbocycles. The Labute approximate surface area is 143 Å². The molecule has 4 rings (SSSR count). The lowest BCUT2D eigenvalue weighted by Crippen LogP contribution is -2.23. The quantitative estimate of drug-likeness (QED) is 0.620. The van der Waals surface area contributed by atoms with Gasteiger partial charge < -0.3 is 15.4 Å². The average molecular weight is 332 g/mol. The summed E-state index contributed by atoms with van der Waals surface area (Å²) in [4.78, 5) is 11.6. The molecule has 3 N–H and O–H groups in total. The summed E-state index contributed by atoms with van der Waals surface area (Å²) in [5.41, 5.74) is 3.08. The molecule has 0 spiro atoms. The van der Waals surface area contributed by atoms with Crippen LogP contribution in [-0.2, 0) is 0 Å². The van der Waals surface area contributed by atoms with Gasteiger partial charge in [0.25, 0.3) is 0 Å². The summed E-state index contributed by atoms with van der Waals surface area (Å²) < 4.78 is 0. The van der Waals surface area contributed by atoms with Crippen molar-refractivity contribution < 1.29 is 5.11 Å². The van der Waals surface area contributed by atoms with Crippen LogP contribution in [0.1, 0.15) is 18.7 Å². The summed E-state index contributed by atoms with van der Waals surface area (Å²) in [5, 5.41) is 22.6. The smallest absolute Gasteiger partial charge is 0.218 e. The van der Waals surface area contributed by atoms with E-state index in [1.54, 1.807) is 12.4 Å². The fourth-order valence-electron chi connectivity index (χ4n) is 2.72. The highest BCUT2D eigenvalue weighted by Gasteiger charge is 2.16. The number of amidine groups is 1. The highest BCUT2D eigenvalue weighted by atomic mass is 16.3. The van der Waals surface area contributed by atoms with Gasteiger partial charge in [-0.25, -0.2) is 4.99 Å². The minimum Gasteiger partial charge on any atom is -0.493 e. The van der Waals surface area contributed by atoms with Gasteiger partial charge in [0.1, 0.15) is 6.17 Å². The number of benzene rings is 1. The molecule has 0 aliphatic carbocycles. The number of azo groups is 1. The van der Waals surface area contributed by atoms with Gasteiger partial charge in [0.2, 0.25) is 5.88 Å². The Kier molecular flexibility index (Phi) is 3.74. The number of rotatable bonds is 2. The van der Waals surface area contributed by atoms with E-state index in [0.717, 1.165) is 22.2 Å². The van der Waals surface area contributed by atoms with Crippen LogP contribution in [0.3, 0.4) is 0 Å². The first kappa shape index (κ1) is 15.1. The second-order valence-corrected chi connectivity index (χ2v) is 5.72. The first-order chi connectivity index (χ1) is 12.2. The minimum atomic E-state index is -0.260. The highest BCUT2D eigenvalue weighted by Crippen LogP contribution is 2.35. The van der Waals surface area contributed by atoms with E-state index in [-0.39, 0.29) is 12.0 Å². The van der Waals surface area contributed by atoms with Gasteiger partial charge in [-0.3, -0.25) is 4.98 Å². The third kappa shape index (κ3) is 2.99. The summed E-state index contributed by atoms with van der Waals surface area (Å²) in [6.07, 6.45) is 5.03. The molecule has 0 radical (unpaired) electrons. The van der Waals surface area contributed by atoms with Crippen LogP contribution in [0.5, 0.6) is 5.88 Å². The zero-order valence-electron chi connectivity index (χ0n) is 13.5. The molecule has 1 atom stereocenters. The molecular formula is C18H16N6O. The van der Waals surface area contributed by atoms with Crippen molar-refractivity contribution in [2.75, 3.05) is 0 Å². The van der Waals surface area contributed by atoms with Gasteiger partial charge in [0.05, 0.1) is 5.52 Å². The van der Waals surface area contributed by atoms with Gasteiger partial charge in [-0.1, -0.05) is 24.3 Å². The van der Waals surface area contributed by atoms with Crippen molar-refractivity contribution in [2.45, 2.75) is 13.1 Å². The SMILES string of the molecule is CC1=CC(N=Nc2c(O)[nH]c3ccccc23)=NC(c2cccnc2)N1. The Hall–Kier alpha value is -3.48. The minimum absolute atomic E-state index is 0.0102. The molecule has 1 unspecified atom stereocenters. The number of nitrogens with one attached hydrogen (secondary N) is 2. The standard InChI is InChI=1S/C18H16N6O/c1-11-9-15(22-17(20-11)12-5-4-8-19-10-12)23-24-16-13-6-2-3-7-14(13)21-18(16)25/h2-10,17,20-21,25H,1H3. The topological polar surface area (TPSA) is 98.0 Å². The number of aliphatic imine (C=N–C) groups is 1. The zero-order chi connectivity index (χ0) is 17.2. The first-order valence-electron chi connectivity index (χ1n) is 7.85. The fourth-order valence-corrected chi connectivity index (χ4v) is 2.72. The first-order valence-corrected chi connectivity index (χ1v) is 7.85. The number of para-hydroxylation sites is 1. The molecule has 0 saturated heterocycles. The van der Waals surface area contributed by atoms with Crippen molar-refractivity contribution in [1.29, 1.82) is 0 Å². The number of hydrogen-bond acceptors (Lipinski definition) is 6. The number of aromatic hydroxyl groups is 1. The Morgan fingerprint density at radius 2 is 2.00 bits per heavy atom. The maximum absolute atomic E-state index is 10.1. The molecule has 7 nitrogen and oxygen atoms in total. The van der Waals surface area contributed by atoms with E-state index < -0.39 is 0 Å². The van der Waals surface area contributed by atoms with Gasteiger partial charge in [0, 0.05) is 35.1 Å². The Morgan fingerprint density at radius 3 is 2.84 bits per heavy atom. The fraction of sp³-hybridized carbons (Fsp3) is 0.111. The van der Waals surface area contributed by atoms with Crippen LogP contribution in [0.15, 0.2) is 75.8 Å². The van der Waals surface area contributed by atoms with Crippen LogP contribution in [0.2, 0.25) is 0 Å². The van der Waals surface area contributed by atoms with Gasteiger partial charge >= 0.3 is 0 Å². The van der Waals surface area contributed by atoms with E-state index in [1.807, 2.05) is 49.4 Å². The third-order valence-corrected chi connectivity index (χ3v) is 3.88. The number of allylic oxidation sites excluding steroid dienone is 1. The summed E-state index contributed by atoms with van der Waals surface area (Å²) in [6, 6.07) is 11.3. The van der Waals surface area contributed by atoms with Gasteiger partial charge in [-0.15, -0.1) is 10.2 Å². The molecule has 0 fully saturated rings. The zero-order valence-corrected chi connectivity index (χ0v) is 13.5. The predicted octanol–water partition coefficient (Wildman–Crippen LogP) is 3.96. The molecule has 25 heavy (non-hydrogen) atoms. The number of pyridine rings is 1. The number of nitrogens with zero attached hydrogens (tertiary/aromatic N) is 4. The molecule has 0 bridgehead atoms. The monoisotopic (exact) mass is 332 g/mol. The predicted molar refractivity (Wildman–Crippen MR) is 95.8 cm³/mol. The van der Waals surface area contributed by atoms with Crippen LogP contribution in [0.4, 0.5) is 5.69 Å².